The van der Waals surface area contributed by atoms with Crippen molar-refractivity contribution < 1.29 is 4.79 Å². The quantitative estimate of drug-likeness (QED) is 0.916. The Morgan fingerprint density at radius 3 is 2.50 bits per heavy atom. The van der Waals surface area contributed by atoms with Gasteiger partial charge in [0.15, 0.2) is 0 Å². The van der Waals surface area contributed by atoms with Crippen molar-refractivity contribution in [1.29, 1.82) is 0 Å². The molecule has 0 aromatic heterocycles. The number of carbonyl (C=O) groups excluding carboxylic acids is 1. The lowest BCUT2D eigenvalue weighted by molar-refractivity contribution is 0.204. The third-order valence-corrected chi connectivity index (χ3v) is 4.07. The minimum Gasteiger partial charge on any atom is -0.338 e. The van der Waals surface area contributed by atoms with Crippen LogP contribution in [0.15, 0.2) is 24.3 Å². The van der Waals surface area contributed by atoms with Gasteiger partial charge in [0.25, 0.3) is 0 Å². The average molecular weight is 275 g/mol. The largest absolute Gasteiger partial charge is 0.338 e. The number of likely N-dealkylation sites (tertiary alicyclic amines) is 1. The minimum absolute atomic E-state index is 0.0500. The number of nitrogens with one attached hydrogen (secondary N) is 1. The smallest absolute Gasteiger partial charge is 0.317 e. The molecular formula is C16H25N3O. The molecule has 0 bridgehead atoms. The van der Waals surface area contributed by atoms with Crippen LogP contribution in [0.1, 0.15) is 24.0 Å². The molecule has 1 saturated heterocycles. The summed E-state index contributed by atoms with van der Waals surface area (Å²) in [7, 11) is 4.18. The van der Waals surface area contributed by atoms with E-state index in [9.17, 15) is 4.79 Å². The van der Waals surface area contributed by atoms with Crippen molar-refractivity contribution in [2.24, 2.45) is 0 Å². The molecule has 0 spiro atoms. The summed E-state index contributed by atoms with van der Waals surface area (Å²) in [5.41, 5.74) is 2.59. The first-order valence-electron chi connectivity index (χ1n) is 7.28. The number of hydrogen-bond donors (Lipinski definition) is 1. The van der Waals surface area contributed by atoms with Gasteiger partial charge in [0, 0.05) is 31.6 Å². The lowest BCUT2D eigenvalue weighted by Crippen LogP contribution is -2.40. The topological polar surface area (TPSA) is 35.6 Å². The molecule has 0 unspecified atom stereocenters. The second kappa shape index (κ2) is 6.27. The average Bonchev–Trinajstić information content (AvgIpc) is 2.85. The van der Waals surface area contributed by atoms with Crippen molar-refractivity contribution in [2.45, 2.75) is 25.8 Å². The van der Waals surface area contributed by atoms with Crippen LogP contribution in [-0.4, -0.2) is 55.6 Å². The predicted octanol–water partition coefficient (Wildman–Crippen LogP) is 2.05. The van der Waals surface area contributed by atoms with Gasteiger partial charge in [-0.05, 0) is 33.5 Å². The van der Waals surface area contributed by atoms with E-state index in [2.05, 4.69) is 55.5 Å². The Morgan fingerprint density at radius 2 is 1.95 bits per heavy atom. The van der Waals surface area contributed by atoms with E-state index in [1.54, 1.807) is 0 Å². The summed E-state index contributed by atoms with van der Waals surface area (Å²) in [5.74, 6) is 0.383. The molecule has 4 heteroatoms. The molecule has 110 valence electrons. The first-order valence-corrected chi connectivity index (χ1v) is 7.28. The predicted molar refractivity (Wildman–Crippen MR) is 82.0 cm³/mol. The van der Waals surface area contributed by atoms with Crippen LogP contribution >= 0.6 is 0 Å². The molecule has 0 saturated carbocycles. The van der Waals surface area contributed by atoms with Gasteiger partial charge in [-0.15, -0.1) is 0 Å². The van der Waals surface area contributed by atoms with E-state index in [0.717, 1.165) is 13.1 Å². The second-order valence-electron chi connectivity index (χ2n) is 5.79. The van der Waals surface area contributed by atoms with Gasteiger partial charge in [-0.1, -0.05) is 29.8 Å². The third kappa shape index (κ3) is 3.12. The van der Waals surface area contributed by atoms with Gasteiger partial charge >= 0.3 is 6.03 Å². The summed E-state index contributed by atoms with van der Waals surface area (Å²) in [6, 6.07) is 9.11. The molecule has 4 nitrogen and oxygen atoms in total. The fourth-order valence-electron chi connectivity index (χ4n) is 2.88. The van der Waals surface area contributed by atoms with Crippen molar-refractivity contribution >= 4 is 6.03 Å². The van der Waals surface area contributed by atoms with Crippen LogP contribution in [0.5, 0.6) is 0 Å². The van der Waals surface area contributed by atoms with Crippen molar-refractivity contribution in [3.05, 3.63) is 35.4 Å². The van der Waals surface area contributed by atoms with E-state index in [0.29, 0.717) is 18.5 Å². The Morgan fingerprint density at radius 1 is 1.30 bits per heavy atom. The lowest BCUT2D eigenvalue weighted by Gasteiger charge is -2.25. The maximum absolute atomic E-state index is 12.0. The molecule has 1 fully saturated rings. The standard InChI is InChI=1S/C16H25N3O/c1-5-17-16(20)19-10-14(15(11-19)18(3)4)13-8-6-12(2)7-9-13/h6-9,14-15H,5,10-11H2,1-4H3,(H,17,20)/t14-,15+/m0/s1. The SMILES string of the molecule is CCNC(=O)N1C[C@@H](N(C)C)[C@H](c2ccc(C)cc2)C1. The fourth-order valence-corrected chi connectivity index (χ4v) is 2.88. The Kier molecular flexibility index (Phi) is 4.65. The van der Waals surface area contributed by atoms with E-state index in [1.807, 2.05) is 11.8 Å². The van der Waals surface area contributed by atoms with Gasteiger partial charge in [-0.25, -0.2) is 4.79 Å². The van der Waals surface area contributed by atoms with Gasteiger partial charge in [-0.2, -0.15) is 0 Å². The molecule has 0 radical (unpaired) electrons. The Labute approximate surface area is 121 Å². The summed E-state index contributed by atoms with van der Waals surface area (Å²) in [5, 5.41) is 2.90. The zero-order chi connectivity index (χ0) is 14.7. The van der Waals surface area contributed by atoms with Gasteiger partial charge in [0.2, 0.25) is 0 Å². The molecule has 1 heterocycles. The molecule has 1 N–H and O–H groups in total. The van der Waals surface area contributed by atoms with E-state index < -0.39 is 0 Å². The van der Waals surface area contributed by atoms with Crippen LogP contribution < -0.4 is 5.32 Å². The summed E-state index contributed by atoms with van der Waals surface area (Å²) >= 11 is 0. The Hall–Kier alpha value is -1.55. The van der Waals surface area contributed by atoms with Gasteiger partial charge < -0.3 is 15.1 Å². The molecule has 20 heavy (non-hydrogen) atoms. The molecule has 1 aromatic carbocycles. The van der Waals surface area contributed by atoms with Crippen LogP contribution in [0, 0.1) is 6.92 Å². The van der Waals surface area contributed by atoms with E-state index >= 15 is 0 Å². The minimum atomic E-state index is 0.0500. The molecule has 1 aliphatic heterocycles. The number of likely N-dealkylation sites (N-methyl/N-ethyl adjacent to an activating group) is 1. The highest BCUT2D eigenvalue weighted by molar-refractivity contribution is 5.74. The van der Waals surface area contributed by atoms with Crippen molar-refractivity contribution in [2.75, 3.05) is 33.7 Å². The number of rotatable bonds is 3. The van der Waals surface area contributed by atoms with Crippen LogP contribution in [0.2, 0.25) is 0 Å². The molecule has 1 aliphatic rings. The van der Waals surface area contributed by atoms with Gasteiger partial charge in [-0.3, -0.25) is 0 Å². The lowest BCUT2D eigenvalue weighted by atomic mass is 9.93. The Balaban J connectivity index is 2.17. The summed E-state index contributed by atoms with van der Waals surface area (Å²) < 4.78 is 0. The number of carbonyl (C=O) groups is 1. The maximum Gasteiger partial charge on any atom is 0.317 e. The third-order valence-electron chi connectivity index (χ3n) is 4.07. The van der Waals surface area contributed by atoms with E-state index in [1.165, 1.54) is 11.1 Å². The number of benzene rings is 1. The van der Waals surface area contributed by atoms with Crippen LogP contribution in [0.3, 0.4) is 0 Å². The highest BCUT2D eigenvalue weighted by atomic mass is 16.2. The Bertz CT molecular complexity index is 455. The highest BCUT2D eigenvalue weighted by Gasteiger charge is 2.37. The summed E-state index contributed by atoms with van der Waals surface area (Å²) in [4.78, 5) is 16.2. The normalized spacial score (nSPS) is 22.4. The number of amides is 2. The van der Waals surface area contributed by atoms with Crippen LogP contribution in [-0.2, 0) is 0 Å². The zero-order valence-corrected chi connectivity index (χ0v) is 12.9. The first kappa shape index (κ1) is 14.9. The van der Waals surface area contributed by atoms with E-state index in [4.69, 9.17) is 0 Å². The number of aryl methyl sites for hydroxylation is 1. The van der Waals surface area contributed by atoms with Crippen molar-refractivity contribution in [3.63, 3.8) is 0 Å². The maximum atomic E-state index is 12.0. The summed E-state index contributed by atoms with van der Waals surface area (Å²) in [6.07, 6.45) is 0. The van der Waals surface area contributed by atoms with Gasteiger partial charge in [0.1, 0.15) is 0 Å². The van der Waals surface area contributed by atoms with Crippen LogP contribution in [0.25, 0.3) is 0 Å². The van der Waals surface area contributed by atoms with Gasteiger partial charge in [0.05, 0.1) is 0 Å². The van der Waals surface area contributed by atoms with Crippen molar-refractivity contribution in [3.8, 4) is 0 Å². The zero-order valence-electron chi connectivity index (χ0n) is 12.9. The molecule has 0 aliphatic carbocycles. The molecule has 2 atom stereocenters. The highest BCUT2D eigenvalue weighted by Crippen LogP contribution is 2.30. The summed E-state index contributed by atoms with van der Waals surface area (Å²) in [6.45, 7) is 6.31. The molecular weight excluding hydrogens is 250 g/mol. The molecule has 1 aromatic rings. The number of urea groups is 1. The monoisotopic (exact) mass is 275 g/mol. The molecule has 2 amide bonds. The molecule has 2 rings (SSSR count). The number of hydrogen-bond acceptors (Lipinski definition) is 2. The first-order chi connectivity index (χ1) is 9.52. The van der Waals surface area contributed by atoms with Crippen molar-refractivity contribution in [1.82, 2.24) is 15.1 Å². The van der Waals surface area contributed by atoms with E-state index in [-0.39, 0.29) is 6.03 Å². The number of nitrogens with zero attached hydrogens (tertiary/aromatic N) is 2. The fraction of sp³-hybridized carbons (Fsp3) is 0.562. The van der Waals surface area contributed by atoms with Crippen LogP contribution in [0.4, 0.5) is 4.79 Å². The second-order valence-corrected chi connectivity index (χ2v) is 5.79.